The van der Waals surface area contributed by atoms with Crippen molar-refractivity contribution in [2.24, 2.45) is 0 Å². The second-order valence-electron chi connectivity index (χ2n) is 7.49. The van der Waals surface area contributed by atoms with Crippen LogP contribution >= 0.6 is 0 Å². The Morgan fingerprint density at radius 3 is 2.19 bits per heavy atom. The molecule has 0 saturated heterocycles. The summed E-state index contributed by atoms with van der Waals surface area (Å²) in [5, 5.41) is 0. The zero-order chi connectivity index (χ0) is 17.1. The average Bonchev–Trinajstić information content (AvgIpc) is 3.42. The van der Waals surface area contributed by atoms with Gasteiger partial charge in [0.25, 0.3) is 0 Å². The van der Waals surface area contributed by atoms with Crippen molar-refractivity contribution in [2.45, 2.75) is 23.8 Å². The second kappa shape index (κ2) is 4.98. The molecule has 3 nitrogen and oxygen atoms in total. The van der Waals surface area contributed by atoms with Crippen LogP contribution in [0.15, 0.2) is 85.6 Å². The van der Waals surface area contributed by atoms with Crippen molar-refractivity contribution < 1.29 is 4.57 Å². The molecule has 5 heterocycles. The van der Waals surface area contributed by atoms with Gasteiger partial charge in [-0.15, -0.1) is 0 Å². The van der Waals surface area contributed by atoms with E-state index in [1.807, 2.05) is 0 Å². The van der Waals surface area contributed by atoms with Crippen LogP contribution in [0.3, 0.4) is 0 Å². The van der Waals surface area contributed by atoms with E-state index >= 15 is 0 Å². The first-order valence-corrected chi connectivity index (χ1v) is 9.25. The summed E-state index contributed by atoms with van der Waals surface area (Å²) in [5.41, 5.74) is 7.04. The molecule has 4 aromatic rings. The molecule has 126 valence electrons. The van der Waals surface area contributed by atoms with Gasteiger partial charge in [-0.2, -0.15) is 4.57 Å². The maximum absolute atomic E-state index is 3.30. The molecule has 0 fully saturated rings. The predicted molar refractivity (Wildman–Crippen MR) is 100 cm³/mol. The number of nitrogens with one attached hydrogen (secondary N) is 2. The predicted octanol–water partition coefficient (Wildman–Crippen LogP) is 4.06. The third-order valence-electron chi connectivity index (χ3n) is 6.45. The molecular weight excluding hydrogens is 318 g/mol. The lowest BCUT2D eigenvalue weighted by Gasteiger charge is -2.49. The third-order valence-corrected chi connectivity index (χ3v) is 6.45. The maximum atomic E-state index is 3.30. The van der Waals surface area contributed by atoms with Gasteiger partial charge >= 0.3 is 0 Å². The van der Waals surface area contributed by atoms with Gasteiger partial charge in [0.15, 0.2) is 17.9 Å². The molecule has 3 heteroatoms. The van der Waals surface area contributed by atoms with Gasteiger partial charge in [0.05, 0.1) is 5.92 Å². The summed E-state index contributed by atoms with van der Waals surface area (Å²) >= 11 is 0. The number of aromatic nitrogens is 3. The summed E-state index contributed by atoms with van der Waals surface area (Å²) < 4.78 is 2.49. The van der Waals surface area contributed by atoms with Gasteiger partial charge in [-0.25, -0.2) is 0 Å². The Balaban J connectivity index is 1.73. The molecule has 3 aromatic heterocycles. The second-order valence-corrected chi connectivity index (χ2v) is 7.49. The molecule has 0 radical (unpaired) electrons. The van der Waals surface area contributed by atoms with Crippen molar-refractivity contribution in [1.29, 1.82) is 0 Å². The van der Waals surface area contributed by atoms with Gasteiger partial charge in [-0.3, -0.25) is 0 Å². The van der Waals surface area contributed by atoms with E-state index in [2.05, 4.69) is 100 Å². The fourth-order valence-electron chi connectivity index (χ4n) is 5.47. The number of pyridine rings is 1. The number of hydrogen-bond acceptors (Lipinski definition) is 0. The van der Waals surface area contributed by atoms with Crippen LogP contribution in [-0.2, 0) is 5.41 Å². The minimum absolute atomic E-state index is 0.0552. The Morgan fingerprint density at radius 1 is 0.808 bits per heavy atom. The lowest BCUT2D eigenvalue weighted by Crippen LogP contribution is -2.59. The SMILES string of the molecule is c1ccc2c(c1)[C@H]1c3cccc[n+]3[C@@H]2CC1(c1cc[nH]c1)c1cc[nH]c1. The summed E-state index contributed by atoms with van der Waals surface area (Å²) in [6.45, 7) is 0. The van der Waals surface area contributed by atoms with Crippen LogP contribution in [0, 0.1) is 0 Å². The lowest BCUT2D eigenvalue weighted by molar-refractivity contribution is -0.732. The van der Waals surface area contributed by atoms with E-state index in [4.69, 9.17) is 0 Å². The highest BCUT2D eigenvalue weighted by atomic mass is 15.0. The molecule has 0 amide bonds. The van der Waals surface area contributed by atoms with Gasteiger partial charge in [0, 0.05) is 54.3 Å². The molecule has 0 unspecified atom stereocenters. The summed E-state index contributed by atoms with van der Waals surface area (Å²) in [4.78, 5) is 6.61. The van der Waals surface area contributed by atoms with Gasteiger partial charge in [-0.1, -0.05) is 30.3 Å². The van der Waals surface area contributed by atoms with Gasteiger partial charge in [0.2, 0.25) is 0 Å². The number of rotatable bonds is 2. The first-order valence-electron chi connectivity index (χ1n) is 9.25. The molecule has 2 N–H and O–H groups in total. The number of nitrogens with zero attached hydrogens (tertiary/aromatic N) is 1. The first-order chi connectivity index (χ1) is 12.9. The minimum Gasteiger partial charge on any atom is -0.367 e. The molecule has 1 aliphatic carbocycles. The Hall–Kier alpha value is -3.07. The van der Waals surface area contributed by atoms with Crippen molar-refractivity contribution in [2.75, 3.05) is 0 Å². The number of hydrogen-bond donors (Lipinski definition) is 2. The van der Waals surface area contributed by atoms with Gasteiger partial charge in [0.1, 0.15) is 0 Å². The van der Waals surface area contributed by atoms with Crippen LogP contribution in [0.5, 0.6) is 0 Å². The van der Waals surface area contributed by atoms with Crippen molar-refractivity contribution in [3.05, 3.63) is 114 Å². The zero-order valence-corrected chi connectivity index (χ0v) is 14.4. The summed E-state index contributed by atoms with van der Waals surface area (Å²) in [5.74, 6) is 0.302. The molecule has 3 aliphatic rings. The van der Waals surface area contributed by atoms with Crippen LogP contribution in [0.25, 0.3) is 0 Å². The van der Waals surface area contributed by atoms with E-state index < -0.39 is 0 Å². The molecule has 0 saturated carbocycles. The topological polar surface area (TPSA) is 35.5 Å². The average molecular weight is 338 g/mol. The highest BCUT2D eigenvalue weighted by Crippen LogP contribution is 2.59. The molecular formula is C23H20N3+. The zero-order valence-electron chi connectivity index (χ0n) is 14.4. The van der Waals surface area contributed by atoms with Crippen LogP contribution in [-0.4, -0.2) is 9.97 Å². The molecule has 7 rings (SSSR count). The smallest absolute Gasteiger partial charge is 0.190 e. The Labute approximate surface area is 152 Å². The van der Waals surface area contributed by atoms with Gasteiger partial charge in [-0.05, 0) is 28.8 Å². The molecule has 2 aliphatic heterocycles. The summed E-state index contributed by atoms with van der Waals surface area (Å²) in [7, 11) is 0. The minimum atomic E-state index is -0.0552. The van der Waals surface area contributed by atoms with E-state index in [0.29, 0.717) is 12.0 Å². The van der Waals surface area contributed by atoms with E-state index in [-0.39, 0.29) is 5.41 Å². The molecule has 26 heavy (non-hydrogen) atoms. The fourth-order valence-corrected chi connectivity index (χ4v) is 5.47. The van der Waals surface area contributed by atoms with E-state index in [1.54, 1.807) is 0 Å². The fraction of sp³-hybridized carbons (Fsp3) is 0.174. The van der Waals surface area contributed by atoms with Crippen LogP contribution in [0.1, 0.15) is 46.3 Å². The highest BCUT2D eigenvalue weighted by Gasteiger charge is 2.59. The van der Waals surface area contributed by atoms with E-state index in [0.717, 1.165) is 6.42 Å². The largest absolute Gasteiger partial charge is 0.367 e. The standard InChI is InChI=1S/C23H20N3/c1-2-6-19-18(5-1)21-13-23(16-8-10-24-14-16,17-9-11-25-15-17)22(19)20-7-3-4-12-26(20)21/h1-12,14-15,21-22,24-25H,13H2/q+1/t21-,22+/m1/s1. The first kappa shape index (κ1) is 14.1. The van der Waals surface area contributed by atoms with Gasteiger partial charge < -0.3 is 9.97 Å². The van der Waals surface area contributed by atoms with Crippen molar-refractivity contribution in [3.8, 4) is 0 Å². The molecule has 2 bridgehead atoms. The normalized spacial score (nSPS) is 22.0. The van der Waals surface area contributed by atoms with Crippen LogP contribution in [0.2, 0.25) is 0 Å². The third kappa shape index (κ3) is 1.61. The lowest BCUT2D eigenvalue weighted by atomic mass is 9.54. The number of H-pyrrole nitrogens is 2. The molecule has 1 aromatic carbocycles. The number of aromatic amines is 2. The van der Waals surface area contributed by atoms with Crippen molar-refractivity contribution in [1.82, 2.24) is 9.97 Å². The number of benzene rings is 1. The van der Waals surface area contributed by atoms with Crippen molar-refractivity contribution >= 4 is 0 Å². The van der Waals surface area contributed by atoms with E-state index in [1.165, 1.54) is 27.9 Å². The Kier molecular flexibility index (Phi) is 2.71. The van der Waals surface area contributed by atoms with E-state index in [9.17, 15) is 0 Å². The summed E-state index contributed by atoms with van der Waals surface area (Å²) in [6, 6.07) is 20.5. The van der Waals surface area contributed by atoms with Crippen LogP contribution in [0.4, 0.5) is 0 Å². The monoisotopic (exact) mass is 338 g/mol. The highest BCUT2D eigenvalue weighted by molar-refractivity contribution is 5.54. The maximum Gasteiger partial charge on any atom is 0.190 e. The van der Waals surface area contributed by atoms with Crippen LogP contribution < -0.4 is 4.57 Å². The Morgan fingerprint density at radius 2 is 1.50 bits per heavy atom. The quantitative estimate of drug-likeness (QED) is 0.517. The molecule has 0 spiro atoms. The number of fused-ring (bicyclic) bond motifs is 1. The molecule has 2 atom stereocenters. The van der Waals surface area contributed by atoms with Crippen molar-refractivity contribution in [3.63, 3.8) is 0 Å². The summed E-state index contributed by atoms with van der Waals surface area (Å²) in [6.07, 6.45) is 11.8. The Bertz CT molecular complexity index is 995.